The molecule has 4 nitrogen and oxygen atoms in total. The second kappa shape index (κ2) is 5.92. The van der Waals surface area contributed by atoms with Gasteiger partial charge in [0.15, 0.2) is 0 Å². The number of nitrogens with two attached hydrogens (primary N) is 1. The van der Waals surface area contributed by atoms with Crippen molar-refractivity contribution in [2.24, 2.45) is 5.73 Å². The molecule has 0 heterocycles. The van der Waals surface area contributed by atoms with Crippen LogP contribution in [0.5, 0.6) is 5.75 Å². The van der Waals surface area contributed by atoms with Gasteiger partial charge in [-0.2, -0.15) is 13.2 Å². The molecule has 0 unspecified atom stereocenters. The maximum absolute atomic E-state index is 12.6. The SMILES string of the molecule is COc1cc(CC[C@H](N)C(=O)O)ccc1C(F)(F)F. The van der Waals surface area contributed by atoms with Crippen LogP contribution in [0.25, 0.3) is 0 Å². The number of aryl methyl sites for hydroxylation is 1. The summed E-state index contributed by atoms with van der Waals surface area (Å²) in [6, 6.07) is 2.42. The first kappa shape index (κ1) is 15.3. The quantitative estimate of drug-likeness (QED) is 0.864. The fourth-order valence-corrected chi connectivity index (χ4v) is 1.57. The van der Waals surface area contributed by atoms with Crippen LogP contribution in [0.2, 0.25) is 0 Å². The van der Waals surface area contributed by atoms with Crippen LogP contribution in [0.4, 0.5) is 13.2 Å². The van der Waals surface area contributed by atoms with E-state index >= 15 is 0 Å². The van der Waals surface area contributed by atoms with Gasteiger partial charge in [-0.15, -0.1) is 0 Å². The topological polar surface area (TPSA) is 72.5 Å². The molecule has 1 aromatic rings. The van der Waals surface area contributed by atoms with Crippen LogP contribution in [0.3, 0.4) is 0 Å². The van der Waals surface area contributed by atoms with Gasteiger partial charge >= 0.3 is 12.1 Å². The molecule has 0 saturated heterocycles. The molecule has 0 fully saturated rings. The molecule has 1 aromatic carbocycles. The first-order valence-corrected chi connectivity index (χ1v) is 5.48. The Hall–Kier alpha value is -1.76. The van der Waals surface area contributed by atoms with Crippen LogP contribution in [0.15, 0.2) is 18.2 Å². The van der Waals surface area contributed by atoms with Crippen molar-refractivity contribution in [3.8, 4) is 5.75 Å². The van der Waals surface area contributed by atoms with E-state index in [9.17, 15) is 18.0 Å². The van der Waals surface area contributed by atoms with Crippen molar-refractivity contribution in [1.82, 2.24) is 0 Å². The minimum absolute atomic E-state index is 0.143. The monoisotopic (exact) mass is 277 g/mol. The summed E-state index contributed by atoms with van der Waals surface area (Å²) < 4.78 is 42.5. The fraction of sp³-hybridized carbons (Fsp3) is 0.417. The van der Waals surface area contributed by atoms with E-state index < -0.39 is 23.8 Å². The van der Waals surface area contributed by atoms with E-state index in [0.717, 1.165) is 13.2 Å². The van der Waals surface area contributed by atoms with Crippen LogP contribution in [-0.4, -0.2) is 24.2 Å². The predicted octanol–water partition coefficient (Wildman–Crippen LogP) is 2.06. The van der Waals surface area contributed by atoms with Gasteiger partial charge in [0.1, 0.15) is 11.8 Å². The van der Waals surface area contributed by atoms with Crippen molar-refractivity contribution in [3.63, 3.8) is 0 Å². The van der Waals surface area contributed by atoms with Crippen molar-refractivity contribution in [1.29, 1.82) is 0 Å². The van der Waals surface area contributed by atoms with E-state index in [4.69, 9.17) is 15.6 Å². The largest absolute Gasteiger partial charge is 0.496 e. The number of alkyl halides is 3. The third-order valence-electron chi connectivity index (χ3n) is 2.63. The average Bonchev–Trinajstić information content (AvgIpc) is 2.34. The minimum atomic E-state index is -4.48. The number of hydrogen-bond donors (Lipinski definition) is 2. The molecule has 0 amide bonds. The lowest BCUT2D eigenvalue weighted by molar-refractivity contribution is -0.139. The lowest BCUT2D eigenvalue weighted by atomic mass is 10.0. The smallest absolute Gasteiger partial charge is 0.419 e. The Morgan fingerprint density at radius 2 is 2.11 bits per heavy atom. The number of ether oxygens (including phenoxy) is 1. The van der Waals surface area contributed by atoms with Crippen LogP contribution in [0, 0.1) is 0 Å². The van der Waals surface area contributed by atoms with E-state index in [2.05, 4.69) is 0 Å². The van der Waals surface area contributed by atoms with E-state index in [1.165, 1.54) is 12.1 Å². The summed E-state index contributed by atoms with van der Waals surface area (Å²) >= 11 is 0. The van der Waals surface area contributed by atoms with Crippen molar-refractivity contribution in [2.75, 3.05) is 7.11 Å². The zero-order valence-corrected chi connectivity index (χ0v) is 10.2. The molecule has 0 bridgehead atoms. The number of carbonyl (C=O) groups is 1. The van der Waals surface area contributed by atoms with Gasteiger partial charge in [0, 0.05) is 0 Å². The first-order valence-electron chi connectivity index (χ1n) is 5.48. The Morgan fingerprint density at radius 1 is 1.47 bits per heavy atom. The molecule has 0 aromatic heterocycles. The number of methoxy groups -OCH3 is 1. The van der Waals surface area contributed by atoms with E-state index in [1.54, 1.807) is 0 Å². The number of benzene rings is 1. The molecule has 1 rings (SSSR count). The maximum Gasteiger partial charge on any atom is 0.419 e. The van der Waals surface area contributed by atoms with Crippen molar-refractivity contribution in [2.45, 2.75) is 25.1 Å². The van der Waals surface area contributed by atoms with E-state index in [-0.39, 0.29) is 18.6 Å². The molecule has 0 spiro atoms. The number of rotatable bonds is 5. The molecular weight excluding hydrogens is 263 g/mol. The summed E-state index contributed by atoms with van der Waals surface area (Å²) in [6.45, 7) is 0. The molecule has 0 saturated carbocycles. The lowest BCUT2D eigenvalue weighted by Crippen LogP contribution is -2.30. The molecule has 7 heteroatoms. The van der Waals surface area contributed by atoms with Gasteiger partial charge in [-0.05, 0) is 30.5 Å². The Kier molecular flexibility index (Phi) is 4.77. The molecule has 0 aliphatic rings. The van der Waals surface area contributed by atoms with Crippen LogP contribution >= 0.6 is 0 Å². The molecule has 3 N–H and O–H groups in total. The minimum Gasteiger partial charge on any atom is -0.496 e. The predicted molar refractivity (Wildman–Crippen MR) is 61.9 cm³/mol. The zero-order valence-electron chi connectivity index (χ0n) is 10.2. The van der Waals surface area contributed by atoms with Crippen molar-refractivity contribution >= 4 is 5.97 Å². The third-order valence-corrected chi connectivity index (χ3v) is 2.63. The second-order valence-corrected chi connectivity index (χ2v) is 4.02. The fourth-order valence-electron chi connectivity index (χ4n) is 1.57. The Bertz CT molecular complexity index is 460. The normalized spacial score (nSPS) is 13.1. The van der Waals surface area contributed by atoms with Gasteiger partial charge < -0.3 is 15.6 Å². The molecule has 1 atom stereocenters. The highest BCUT2D eigenvalue weighted by atomic mass is 19.4. The van der Waals surface area contributed by atoms with Gasteiger partial charge in [-0.25, -0.2) is 0 Å². The summed E-state index contributed by atoms with van der Waals surface area (Å²) in [5, 5.41) is 8.61. The highest BCUT2D eigenvalue weighted by molar-refractivity contribution is 5.73. The number of hydrogen-bond acceptors (Lipinski definition) is 3. The molecule has 19 heavy (non-hydrogen) atoms. The van der Waals surface area contributed by atoms with Crippen LogP contribution in [-0.2, 0) is 17.4 Å². The maximum atomic E-state index is 12.6. The zero-order chi connectivity index (χ0) is 14.6. The summed E-state index contributed by atoms with van der Waals surface area (Å²) in [4.78, 5) is 10.5. The number of carboxylic acids is 1. The molecular formula is C12H14F3NO3. The Morgan fingerprint density at radius 3 is 2.58 bits per heavy atom. The highest BCUT2D eigenvalue weighted by Crippen LogP contribution is 2.36. The standard InChI is InChI=1S/C12H14F3NO3/c1-19-10-6-7(3-5-9(16)11(17)18)2-4-8(10)12(13,14)15/h2,4,6,9H,3,5,16H2,1H3,(H,17,18)/t9-/m0/s1. The van der Waals surface area contributed by atoms with Gasteiger partial charge in [-0.3, -0.25) is 4.79 Å². The average molecular weight is 277 g/mol. The Balaban J connectivity index is 2.86. The van der Waals surface area contributed by atoms with Gasteiger partial charge in [-0.1, -0.05) is 6.07 Å². The number of halogens is 3. The van der Waals surface area contributed by atoms with Gasteiger partial charge in [0.25, 0.3) is 0 Å². The summed E-state index contributed by atoms with van der Waals surface area (Å²) in [6.07, 6.45) is -4.08. The molecule has 0 aliphatic carbocycles. The third kappa shape index (κ3) is 4.13. The number of aliphatic carboxylic acids is 1. The first-order chi connectivity index (χ1) is 8.75. The van der Waals surface area contributed by atoms with Crippen molar-refractivity contribution < 1.29 is 27.8 Å². The van der Waals surface area contributed by atoms with Crippen LogP contribution in [0.1, 0.15) is 17.5 Å². The summed E-state index contributed by atoms with van der Waals surface area (Å²) in [5.41, 5.74) is 5.01. The van der Waals surface area contributed by atoms with E-state index in [1.807, 2.05) is 0 Å². The van der Waals surface area contributed by atoms with Gasteiger partial charge in [0.2, 0.25) is 0 Å². The van der Waals surface area contributed by atoms with E-state index in [0.29, 0.717) is 5.56 Å². The molecule has 0 aliphatic heterocycles. The van der Waals surface area contributed by atoms with Gasteiger partial charge in [0.05, 0.1) is 12.7 Å². The molecule has 0 radical (unpaired) electrons. The highest BCUT2D eigenvalue weighted by Gasteiger charge is 2.34. The van der Waals surface area contributed by atoms with Crippen molar-refractivity contribution in [3.05, 3.63) is 29.3 Å². The Labute approximate surface area is 108 Å². The molecule has 106 valence electrons. The number of carboxylic acid groups (broad SMARTS) is 1. The lowest BCUT2D eigenvalue weighted by Gasteiger charge is -2.13. The second-order valence-electron chi connectivity index (χ2n) is 4.02. The van der Waals surface area contributed by atoms with Crippen LogP contribution < -0.4 is 10.5 Å². The summed E-state index contributed by atoms with van der Waals surface area (Å²) in [7, 11) is 1.15. The summed E-state index contributed by atoms with van der Waals surface area (Å²) in [5.74, 6) is -1.42.